The number of H-pyrrole nitrogens is 1. The van der Waals surface area contributed by atoms with Crippen molar-refractivity contribution in [2.24, 2.45) is 5.10 Å². The molecule has 2 aromatic heterocycles. The third-order valence-corrected chi connectivity index (χ3v) is 3.68. The maximum atomic E-state index is 12.1. The smallest absolute Gasteiger partial charge is 0.335 e. The summed E-state index contributed by atoms with van der Waals surface area (Å²) in [5.41, 5.74) is 1.91. The molecule has 136 valence electrons. The standard InChI is InChI=1S/C18H15N5O4/c1-11-3-2-4-13(9-11)23-17(26)14(16(25)21-18(23)27)10-20-22-15(24)12-5-7-19-8-6-12/h2-10,26H,1H3,(H,22,24)(H,21,25,27)/b20-10+. The Morgan fingerprint density at radius 3 is 2.70 bits per heavy atom. The predicted molar refractivity (Wildman–Crippen MR) is 98.4 cm³/mol. The van der Waals surface area contributed by atoms with Gasteiger partial charge in [0.2, 0.25) is 5.88 Å². The van der Waals surface area contributed by atoms with Crippen molar-refractivity contribution < 1.29 is 9.90 Å². The Bertz CT molecular complexity index is 1130. The van der Waals surface area contributed by atoms with E-state index in [9.17, 15) is 19.5 Å². The topological polar surface area (TPSA) is 129 Å². The lowest BCUT2D eigenvalue weighted by Gasteiger charge is -2.10. The molecule has 0 radical (unpaired) electrons. The van der Waals surface area contributed by atoms with Crippen LogP contribution in [-0.2, 0) is 0 Å². The van der Waals surface area contributed by atoms with Gasteiger partial charge in [0.1, 0.15) is 5.56 Å². The molecule has 1 aromatic carbocycles. The van der Waals surface area contributed by atoms with E-state index in [1.807, 2.05) is 13.0 Å². The Hall–Kier alpha value is -4.01. The third-order valence-electron chi connectivity index (χ3n) is 3.68. The number of carbonyl (C=O) groups excluding carboxylic acids is 1. The molecular formula is C18H15N5O4. The van der Waals surface area contributed by atoms with Gasteiger partial charge in [-0.2, -0.15) is 5.10 Å². The monoisotopic (exact) mass is 365 g/mol. The van der Waals surface area contributed by atoms with Crippen LogP contribution in [-0.4, -0.2) is 31.8 Å². The number of aromatic amines is 1. The molecule has 3 N–H and O–H groups in total. The molecule has 9 heteroatoms. The molecule has 2 heterocycles. The highest BCUT2D eigenvalue weighted by Gasteiger charge is 2.14. The molecule has 0 atom stereocenters. The molecule has 0 unspecified atom stereocenters. The molecule has 0 saturated carbocycles. The van der Waals surface area contributed by atoms with Gasteiger partial charge in [0.05, 0.1) is 11.9 Å². The third kappa shape index (κ3) is 3.82. The van der Waals surface area contributed by atoms with Gasteiger partial charge in [0.25, 0.3) is 11.5 Å². The molecule has 0 fully saturated rings. The van der Waals surface area contributed by atoms with Crippen LogP contribution >= 0.6 is 0 Å². The fourth-order valence-electron chi connectivity index (χ4n) is 2.38. The van der Waals surface area contributed by atoms with Gasteiger partial charge < -0.3 is 5.11 Å². The highest BCUT2D eigenvalue weighted by Crippen LogP contribution is 2.16. The number of amides is 1. The Kier molecular flexibility index (Phi) is 4.93. The minimum Gasteiger partial charge on any atom is -0.493 e. The largest absolute Gasteiger partial charge is 0.493 e. The number of pyridine rings is 1. The Morgan fingerprint density at radius 2 is 2.00 bits per heavy atom. The van der Waals surface area contributed by atoms with Gasteiger partial charge in [-0.25, -0.2) is 14.8 Å². The quantitative estimate of drug-likeness (QED) is 0.463. The predicted octanol–water partition coefficient (Wildman–Crippen LogP) is 0.699. The van der Waals surface area contributed by atoms with Crippen LogP contribution in [0.3, 0.4) is 0 Å². The van der Waals surface area contributed by atoms with Crippen LogP contribution in [0.15, 0.2) is 63.5 Å². The summed E-state index contributed by atoms with van der Waals surface area (Å²) in [4.78, 5) is 42.0. The number of carbonyl (C=O) groups is 1. The summed E-state index contributed by atoms with van der Waals surface area (Å²) in [5, 5.41) is 14.1. The van der Waals surface area contributed by atoms with E-state index in [1.165, 1.54) is 24.5 Å². The number of aryl methyl sites for hydroxylation is 1. The molecule has 27 heavy (non-hydrogen) atoms. The summed E-state index contributed by atoms with van der Waals surface area (Å²) in [5.74, 6) is -1.10. The number of rotatable bonds is 4. The first kappa shape index (κ1) is 17.8. The van der Waals surface area contributed by atoms with Crippen molar-refractivity contribution in [3.05, 3.63) is 86.3 Å². The van der Waals surface area contributed by atoms with Crippen LogP contribution in [0, 0.1) is 6.92 Å². The van der Waals surface area contributed by atoms with Gasteiger partial charge in [-0.1, -0.05) is 12.1 Å². The first-order valence-corrected chi connectivity index (χ1v) is 7.86. The number of benzene rings is 1. The van der Waals surface area contributed by atoms with Gasteiger partial charge in [-0.15, -0.1) is 0 Å². The van der Waals surface area contributed by atoms with Crippen molar-refractivity contribution in [1.82, 2.24) is 20.0 Å². The van der Waals surface area contributed by atoms with E-state index in [2.05, 4.69) is 20.5 Å². The van der Waals surface area contributed by atoms with E-state index in [0.717, 1.165) is 16.3 Å². The second-order valence-corrected chi connectivity index (χ2v) is 5.61. The fraction of sp³-hybridized carbons (Fsp3) is 0.0556. The molecule has 1 amide bonds. The van der Waals surface area contributed by atoms with Crippen LogP contribution in [0.5, 0.6) is 5.88 Å². The maximum absolute atomic E-state index is 12.1. The lowest BCUT2D eigenvalue weighted by molar-refractivity contribution is 0.0955. The van der Waals surface area contributed by atoms with E-state index < -0.39 is 23.0 Å². The number of nitrogens with one attached hydrogen (secondary N) is 2. The number of aromatic hydroxyl groups is 1. The van der Waals surface area contributed by atoms with E-state index in [-0.39, 0.29) is 5.56 Å². The number of hydrogen-bond acceptors (Lipinski definition) is 6. The number of hydrogen-bond donors (Lipinski definition) is 3. The molecule has 0 aliphatic rings. The highest BCUT2D eigenvalue weighted by molar-refractivity contribution is 5.94. The molecule has 0 saturated heterocycles. The van der Waals surface area contributed by atoms with Crippen LogP contribution < -0.4 is 16.7 Å². The van der Waals surface area contributed by atoms with Crippen molar-refractivity contribution in [2.75, 3.05) is 0 Å². The second-order valence-electron chi connectivity index (χ2n) is 5.61. The van der Waals surface area contributed by atoms with E-state index in [0.29, 0.717) is 11.3 Å². The van der Waals surface area contributed by atoms with Gasteiger partial charge in [0.15, 0.2) is 0 Å². The van der Waals surface area contributed by atoms with Crippen LogP contribution in [0.2, 0.25) is 0 Å². The molecule has 0 bridgehead atoms. The fourth-order valence-corrected chi connectivity index (χ4v) is 2.38. The zero-order valence-corrected chi connectivity index (χ0v) is 14.2. The van der Waals surface area contributed by atoms with Crippen LogP contribution in [0.25, 0.3) is 5.69 Å². The molecule has 3 rings (SSSR count). The minimum atomic E-state index is -0.830. The van der Waals surface area contributed by atoms with Crippen molar-refractivity contribution in [1.29, 1.82) is 0 Å². The lowest BCUT2D eigenvalue weighted by Crippen LogP contribution is -2.31. The normalized spacial score (nSPS) is 10.9. The molecule has 3 aromatic rings. The number of nitrogens with zero attached hydrogens (tertiary/aromatic N) is 3. The Balaban J connectivity index is 1.94. The average molecular weight is 365 g/mol. The SMILES string of the molecule is Cc1cccc(-n2c(O)c(/C=N/NC(=O)c3ccncc3)c(=O)[nH]c2=O)c1. The van der Waals surface area contributed by atoms with Crippen LogP contribution in [0.4, 0.5) is 0 Å². The van der Waals surface area contributed by atoms with Crippen molar-refractivity contribution in [3.63, 3.8) is 0 Å². The molecule has 0 aliphatic carbocycles. The Morgan fingerprint density at radius 1 is 1.26 bits per heavy atom. The summed E-state index contributed by atoms with van der Waals surface area (Å²) >= 11 is 0. The first-order valence-electron chi connectivity index (χ1n) is 7.86. The summed E-state index contributed by atoms with van der Waals surface area (Å²) in [6.45, 7) is 1.83. The van der Waals surface area contributed by atoms with E-state index in [1.54, 1.807) is 18.2 Å². The summed E-state index contributed by atoms with van der Waals surface area (Å²) < 4.78 is 0.945. The molecule has 0 aliphatic heterocycles. The van der Waals surface area contributed by atoms with Gasteiger partial charge in [-0.3, -0.25) is 19.6 Å². The summed E-state index contributed by atoms with van der Waals surface area (Å²) in [6, 6.07) is 9.81. The zero-order valence-electron chi connectivity index (χ0n) is 14.2. The minimum absolute atomic E-state index is 0.272. The van der Waals surface area contributed by atoms with Gasteiger partial charge in [0, 0.05) is 18.0 Å². The van der Waals surface area contributed by atoms with Crippen molar-refractivity contribution in [3.8, 4) is 11.6 Å². The summed E-state index contributed by atoms with van der Waals surface area (Å²) in [7, 11) is 0. The van der Waals surface area contributed by atoms with E-state index in [4.69, 9.17) is 0 Å². The second kappa shape index (κ2) is 7.48. The summed E-state index contributed by atoms with van der Waals surface area (Å²) in [6.07, 6.45) is 3.87. The molecular weight excluding hydrogens is 350 g/mol. The number of hydrazone groups is 1. The maximum Gasteiger partial charge on any atom is 0.335 e. The number of aromatic nitrogens is 3. The molecule has 0 spiro atoms. The van der Waals surface area contributed by atoms with Gasteiger partial charge >= 0.3 is 5.69 Å². The van der Waals surface area contributed by atoms with Gasteiger partial charge in [-0.05, 0) is 36.8 Å². The average Bonchev–Trinajstić information content (AvgIpc) is 2.65. The zero-order chi connectivity index (χ0) is 19.4. The van der Waals surface area contributed by atoms with Crippen molar-refractivity contribution >= 4 is 12.1 Å². The molecule has 9 nitrogen and oxygen atoms in total. The van der Waals surface area contributed by atoms with Crippen LogP contribution in [0.1, 0.15) is 21.5 Å². The highest BCUT2D eigenvalue weighted by atomic mass is 16.3. The Labute approximate surface area is 152 Å². The van der Waals surface area contributed by atoms with Crippen molar-refractivity contribution in [2.45, 2.75) is 6.92 Å². The first-order chi connectivity index (χ1) is 13.0. The lowest BCUT2D eigenvalue weighted by atomic mass is 10.2. The van der Waals surface area contributed by atoms with E-state index >= 15 is 0 Å².